The lowest BCUT2D eigenvalue weighted by Crippen LogP contribution is -2.56. The minimum Gasteiger partial charge on any atom is -0.350 e. The van der Waals surface area contributed by atoms with Gasteiger partial charge < -0.3 is 16.4 Å². The molecule has 1 aliphatic carbocycles. The van der Waals surface area contributed by atoms with Gasteiger partial charge in [0.2, 0.25) is 10.0 Å². The van der Waals surface area contributed by atoms with E-state index in [1.165, 1.54) is 4.90 Å². The summed E-state index contributed by atoms with van der Waals surface area (Å²) in [5.41, 5.74) is 6.40. The average molecular weight is 444 g/mol. The molecule has 1 aromatic rings. The van der Waals surface area contributed by atoms with E-state index in [1.54, 1.807) is 24.3 Å². The Hall–Kier alpha value is -1.88. The van der Waals surface area contributed by atoms with Crippen LogP contribution in [0.5, 0.6) is 0 Å². The second-order valence-corrected chi connectivity index (χ2v) is 9.87. The summed E-state index contributed by atoms with van der Waals surface area (Å²) in [6.07, 6.45) is 2.87. The number of hydrogen-bond donors (Lipinski definition) is 3. The molecule has 0 bridgehead atoms. The number of halogens is 1. The van der Waals surface area contributed by atoms with Crippen LogP contribution in [0.2, 0.25) is 5.02 Å². The highest BCUT2D eigenvalue weighted by Gasteiger charge is 2.45. The first-order valence-electron chi connectivity index (χ1n) is 9.51. The Kier molecular flexibility index (Phi) is 6.67. The van der Waals surface area contributed by atoms with Gasteiger partial charge in [0.25, 0.3) is 5.91 Å². The number of hydrogen-bond acceptors (Lipinski definition) is 5. The van der Waals surface area contributed by atoms with Gasteiger partial charge in [0.05, 0.1) is 6.26 Å². The molecular weight excluding hydrogens is 418 g/mol. The number of amides is 3. The summed E-state index contributed by atoms with van der Waals surface area (Å²) < 4.78 is 25.5. The van der Waals surface area contributed by atoms with E-state index < -0.39 is 28.1 Å². The normalized spacial score (nSPS) is 25.6. The summed E-state index contributed by atoms with van der Waals surface area (Å²) in [5, 5.41) is 6.11. The molecule has 11 heteroatoms. The Balaban J connectivity index is 1.75. The lowest BCUT2D eigenvalue weighted by atomic mass is 9.92. The van der Waals surface area contributed by atoms with Crippen molar-refractivity contribution in [1.82, 2.24) is 14.5 Å². The van der Waals surface area contributed by atoms with Crippen LogP contribution in [0.3, 0.4) is 0 Å². The molecule has 4 N–H and O–H groups in total. The Morgan fingerprint density at radius 3 is 2.31 bits per heavy atom. The van der Waals surface area contributed by atoms with E-state index in [2.05, 4.69) is 10.6 Å². The zero-order valence-corrected chi connectivity index (χ0v) is 17.7. The molecule has 160 valence electrons. The summed E-state index contributed by atoms with van der Waals surface area (Å²) in [6, 6.07) is 6.01. The standard InChI is InChI=1S/C18H26ClN5O4S/c1-29(27,28)24-11-10-23(18(26)22-15-6-2-12(19)3-7-15)17(24)16(25)21-14-8-4-13(20)5-9-14/h2-3,6-7,13-14,17H,4-5,8-11,20H2,1H3,(H,21,25)(H,22,26). The summed E-state index contributed by atoms with van der Waals surface area (Å²) in [5.74, 6) is -0.500. The van der Waals surface area contributed by atoms with Crippen molar-refractivity contribution in [2.45, 2.75) is 43.9 Å². The highest BCUT2D eigenvalue weighted by Crippen LogP contribution is 2.23. The first kappa shape index (κ1) is 21.8. The van der Waals surface area contributed by atoms with Gasteiger partial charge in [0, 0.05) is 35.9 Å². The minimum absolute atomic E-state index is 0.0561. The molecule has 1 aromatic carbocycles. The van der Waals surface area contributed by atoms with Crippen molar-refractivity contribution in [2.24, 2.45) is 5.73 Å². The molecule has 1 saturated carbocycles. The lowest BCUT2D eigenvalue weighted by Gasteiger charge is -2.32. The molecule has 1 aliphatic heterocycles. The predicted molar refractivity (Wildman–Crippen MR) is 111 cm³/mol. The maximum Gasteiger partial charge on any atom is 0.323 e. The van der Waals surface area contributed by atoms with Gasteiger partial charge in [-0.15, -0.1) is 0 Å². The van der Waals surface area contributed by atoms with Gasteiger partial charge in [0.1, 0.15) is 0 Å². The zero-order valence-electron chi connectivity index (χ0n) is 16.2. The molecular formula is C18H26ClN5O4S. The third kappa shape index (κ3) is 5.39. The van der Waals surface area contributed by atoms with Crippen LogP contribution in [0.15, 0.2) is 24.3 Å². The van der Waals surface area contributed by atoms with E-state index >= 15 is 0 Å². The van der Waals surface area contributed by atoms with E-state index in [9.17, 15) is 18.0 Å². The van der Waals surface area contributed by atoms with Gasteiger partial charge in [-0.2, -0.15) is 4.31 Å². The second kappa shape index (κ2) is 8.86. The number of nitrogens with two attached hydrogens (primary N) is 1. The third-order valence-electron chi connectivity index (χ3n) is 5.26. The molecule has 0 aromatic heterocycles. The van der Waals surface area contributed by atoms with Crippen molar-refractivity contribution in [1.29, 1.82) is 0 Å². The van der Waals surface area contributed by atoms with Crippen LogP contribution in [0.1, 0.15) is 25.7 Å². The van der Waals surface area contributed by atoms with Crippen molar-refractivity contribution in [3.05, 3.63) is 29.3 Å². The highest BCUT2D eigenvalue weighted by atomic mass is 35.5. The number of nitrogens with zero attached hydrogens (tertiary/aromatic N) is 2. The number of urea groups is 1. The third-order valence-corrected chi connectivity index (χ3v) is 6.75. The molecule has 2 aliphatic rings. The Morgan fingerprint density at radius 1 is 1.10 bits per heavy atom. The molecule has 1 atom stereocenters. The van der Waals surface area contributed by atoms with Crippen LogP contribution in [0, 0.1) is 0 Å². The first-order chi connectivity index (χ1) is 13.6. The molecule has 3 amide bonds. The lowest BCUT2D eigenvalue weighted by molar-refractivity contribution is -0.128. The molecule has 1 saturated heterocycles. The van der Waals surface area contributed by atoms with Crippen LogP contribution in [-0.2, 0) is 14.8 Å². The van der Waals surface area contributed by atoms with Crippen LogP contribution in [-0.4, -0.2) is 67.2 Å². The van der Waals surface area contributed by atoms with Crippen molar-refractivity contribution in [3.8, 4) is 0 Å². The number of benzene rings is 1. The SMILES string of the molecule is CS(=O)(=O)N1CCN(C(=O)Nc2ccc(Cl)cc2)C1C(=O)NC1CCC(N)CC1. The molecule has 1 unspecified atom stereocenters. The van der Waals surface area contributed by atoms with E-state index in [4.69, 9.17) is 17.3 Å². The molecule has 0 radical (unpaired) electrons. The molecule has 3 rings (SSSR count). The predicted octanol–water partition coefficient (Wildman–Crippen LogP) is 1.16. The van der Waals surface area contributed by atoms with Gasteiger partial charge in [-0.05, 0) is 49.9 Å². The summed E-state index contributed by atoms with van der Waals surface area (Å²) in [6.45, 7) is 0.167. The molecule has 9 nitrogen and oxygen atoms in total. The molecule has 0 spiro atoms. The van der Waals surface area contributed by atoms with Crippen molar-refractivity contribution < 1.29 is 18.0 Å². The Bertz CT molecular complexity index is 856. The van der Waals surface area contributed by atoms with Crippen LogP contribution in [0.25, 0.3) is 0 Å². The van der Waals surface area contributed by atoms with Crippen LogP contribution in [0.4, 0.5) is 10.5 Å². The maximum atomic E-state index is 13.0. The van der Waals surface area contributed by atoms with Gasteiger partial charge >= 0.3 is 6.03 Å². The minimum atomic E-state index is -3.68. The smallest absolute Gasteiger partial charge is 0.323 e. The number of rotatable bonds is 4. The monoisotopic (exact) mass is 443 g/mol. The fraction of sp³-hybridized carbons (Fsp3) is 0.556. The average Bonchev–Trinajstić information content (AvgIpc) is 3.11. The van der Waals surface area contributed by atoms with E-state index in [1.807, 2.05) is 0 Å². The summed E-state index contributed by atoms with van der Waals surface area (Å²) >= 11 is 5.85. The molecule has 1 heterocycles. The number of carbonyl (C=O) groups is 2. The highest BCUT2D eigenvalue weighted by molar-refractivity contribution is 7.88. The summed E-state index contributed by atoms with van der Waals surface area (Å²) in [7, 11) is -3.68. The summed E-state index contributed by atoms with van der Waals surface area (Å²) in [4.78, 5) is 27.0. The number of sulfonamides is 1. The fourth-order valence-electron chi connectivity index (χ4n) is 3.71. The van der Waals surface area contributed by atoms with Crippen molar-refractivity contribution in [2.75, 3.05) is 24.7 Å². The topological polar surface area (TPSA) is 125 Å². The van der Waals surface area contributed by atoms with Gasteiger partial charge in [-0.25, -0.2) is 13.2 Å². The van der Waals surface area contributed by atoms with E-state index in [-0.39, 0.29) is 25.2 Å². The number of carbonyl (C=O) groups excluding carboxylic acids is 2. The van der Waals surface area contributed by atoms with Gasteiger partial charge in [-0.1, -0.05) is 11.6 Å². The van der Waals surface area contributed by atoms with Crippen molar-refractivity contribution in [3.63, 3.8) is 0 Å². The quantitative estimate of drug-likeness (QED) is 0.644. The van der Waals surface area contributed by atoms with E-state index in [0.29, 0.717) is 10.7 Å². The Morgan fingerprint density at radius 2 is 1.72 bits per heavy atom. The largest absolute Gasteiger partial charge is 0.350 e. The molecule has 2 fully saturated rings. The fourth-order valence-corrected chi connectivity index (χ4v) is 4.82. The first-order valence-corrected chi connectivity index (χ1v) is 11.7. The maximum absolute atomic E-state index is 13.0. The van der Waals surface area contributed by atoms with Gasteiger partial charge in [-0.3, -0.25) is 9.69 Å². The second-order valence-electron chi connectivity index (χ2n) is 7.50. The van der Waals surface area contributed by atoms with Crippen molar-refractivity contribution >= 4 is 39.2 Å². The number of anilines is 1. The van der Waals surface area contributed by atoms with Crippen LogP contribution < -0.4 is 16.4 Å². The van der Waals surface area contributed by atoms with Gasteiger partial charge in [0.15, 0.2) is 6.17 Å². The number of nitrogens with one attached hydrogen (secondary N) is 2. The zero-order chi connectivity index (χ0) is 21.2. The van der Waals surface area contributed by atoms with E-state index in [0.717, 1.165) is 36.2 Å². The van der Waals surface area contributed by atoms with Crippen LogP contribution >= 0.6 is 11.6 Å². The molecule has 29 heavy (non-hydrogen) atoms. The Labute approximate surface area is 175 Å².